The summed E-state index contributed by atoms with van der Waals surface area (Å²) in [6.45, 7) is 0. The molecule has 0 bridgehead atoms. The van der Waals surface area contributed by atoms with Crippen molar-refractivity contribution in [1.29, 1.82) is 0 Å². The molecule has 1 fully saturated rings. The zero-order valence-electron chi connectivity index (χ0n) is 11.1. The molecule has 1 aromatic heterocycles. The predicted molar refractivity (Wildman–Crippen MR) is 83.5 cm³/mol. The minimum atomic E-state index is -3.85. The molecule has 1 aliphatic heterocycles. The number of carbonyl (C=O) groups excluding carboxylic acids is 1. The molecule has 0 aliphatic carbocycles. The maximum atomic E-state index is 12.1. The van der Waals surface area contributed by atoms with Crippen molar-refractivity contribution in [2.45, 2.75) is 4.90 Å². The summed E-state index contributed by atoms with van der Waals surface area (Å²) in [6, 6.07) is 11.2. The van der Waals surface area contributed by atoms with Gasteiger partial charge in [0.15, 0.2) is 5.17 Å². The highest BCUT2D eigenvalue weighted by atomic mass is 32.2. The molecule has 6 nitrogen and oxygen atoms in total. The topological polar surface area (TPSA) is 88.7 Å². The number of thioether (sulfide) groups is 1. The summed E-state index contributed by atoms with van der Waals surface area (Å²) in [5.74, 6) is 0.0910. The first-order chi connectivity index (χ1) is 10.5. The fourth-order valence-electron chi connectivity index (χ4n) is 1.73. The zero-order chi connectivity index (χ0) is 15.6. The average molecular weight is 334 g/mol. The molecular weight excluding hydrogens is 324 g/mol. The van der Waals surface area contributed by atoms with Crippen LogP contribution in [0.1, 0.15) is 5.76 Å². The van der Waals surface area contributed by atoms with Crippen LogP contribution in [0.3, 0.4) is 0 Å². The Morgan fingerprint density at radius 2 is 1.91 bits per heavy atom. The van der Waals surface area contributed by atoms with E-state index in [1.54, 1.807) is 30.3 Å². The lowest BCUT2D eigenvalue weighted by Crippen LogP contribution is -2.20. The minimum Gasteiger partial charge on any atom is -0.465 e. The Bertz CT molecular complexity index is 854. The fourth-order valence-corrected chi connectivity index (χ4v) is 3.71. The van der Waals surface area contributed by atoms with Gasteiger partial charge >= 0.3 is 0 Å². The monoisotopic (exact) mass is 334 g/mol. The van der Waals surface area contributed by atoms with Crippen molar-refractivity contribution in [2.75, 3.05) is 0 Å². The standard InChI is InChI=1S/C14H10N2O4S2/c17-13-12(9-10-5-4-8-20-10)21-14(15-13)16-22(18,19)11-6-2-1-3-7-11/h1-9H,(H,15,16,17)/b12-9-. The number of nitrogens with zero attached hydrogens (tertiary/aromatic N) is 1. The number of amides is 1. The molecule has 0 spiro atoms. The van der Waals surface area contributed by atoms with Gasteiger partial charge < -0.3 is 4.42 Å². The number of benzene rings is 1. The molecule has 1 amide bonds. The molecule has 0 atom stereocenters. The van der Waals surface area contributed by atoms with Crippen molar-refractivity contribution in [3.05, 3.63) is 59.4 Å². The minimum absolute atomic E-state index is 0.0201. The van der Waals surface area contributed by atoms with Gasteiger partial charge in [0.05, 0.1) is 16.1 Å². The van der Waals surface area contributed by atoms with Gasteiger partial charge in [-0.3, -0.25) is 10.1 Å². The van der Waals surface area contributed by atoms with Gasteiger partial charge in [0.1, 0.15) is 5.76 Å². The van der Waals surface area contributed by atoms with Crippen LogP contribution in [0, 0.1) is 0 Å². The lowest BCUT2D eigenvalue weighted by atomic mass is 10.4. The molecule has 3 rings (SSSR count). The van der Waals surface area contributed by atoms with Crippen molar-refractivity contribution in [3.8, 4) is 0 Å². The number of hydrogen-bond donors (Lipinski definition) is 1. The summed E-state index contributed by atoms with van der Waals surface area (Å²) in [6.07, 6.45) is 3.01. The Morgan fingerprint density at radius 1 is 1.14 bits per heavy atom. The van der Waals surface area contributed by atoms with Crippen LogP contribution in [0.2, 0.25) is 0 Å². The molecule has 1 saturated heterocycles. The summed E-state index contributed by atoms with van der Waals surface area (Å²) < 4.78 is 33.0. The SMILES string of the molecule is O=C1N/C(=N\S(=O)(=O)c2ccccc2)S/C1=C\c1ccco1. The molecule has 1 N–H and O–H groups in total. The molecule has 22 heavy (non-hydrogen) atoms. The first-order valence-electron chi connectivity index (χ1n) is 6.19. The Hall–Kier alpha value is -2.32. The summed E-state index contributed by atoms with van der Waals surface area (Å²) in [5.41, 5.74) is 0. The second-order valence-corrected chi connectivity index (χ2v) is 6.90. The second kappa shape index (κ2) is 5.82. The smallest absolute Gasteiger partial charge is 0.284 e. The molecular formula is C14H10N2O4S2. The van der Waals surface area contributed by atoms with E-state index >= 15 is 0 Å². The van der Waals surface area contributed by atoms with E-state index < -0.39 is 15.9 Å². The molecule has 8 heteroatoms. The third-order valence-corrected chi connectivity index (χ3v) is 5.03. The van der Waals surface area contributed by atoms with Crippen LogP contribution in [0.15, 0.2) is 67.3 Å². The Kier molecular flexibility index (Phi) is 3.86. The number of nitrogens with one attached hydrogen (secondary N) is 1. The number of sulfonamides is 1. The van der Waals surface area contributed by atoms with Crippen molar-refractivity contribution in [3.63, 3.8) is 0 Å². The molecule has 2 heterocycles. The first kappa shape index (κ1) is 14.6. The lowest BCUT2D eigenvalue weighted by Gasteiger charge is -1.98. The summed E-state index contributed by atoms with van der Waals surface area (Å²) >= 11 is 0.950. The van der Waals surface area contributed by atoms with Gasteiger partial charge in [-0.1, -0.05) is 18.2 Å². The highest BCUT2D eigenvalue weighted by Crippen LogP contribution is 2.27. The molecule has 0 radical (unpaired) electrons. The molecule has 1 aliphatic rings. The average Bonchev–Trinajstić information content (AvgIpc) is 3.11. The van der Waals surface area contributed by atoms with Crippen LogP contribution in [0.4, 0.5) is 0 Å². The van der Waals surface area contributed by atoms with E-state index in [9.17, 15) is 13.2 Å². The van der Waals surface area contributed by atoms with Crippen LogP contribution in [0.5, 0.6) is 0 Å². The Balaban J connectivity index is 1.87. The van der Waals surface area contributed by atoms with E-state index in [1.807, 2.05) is 0 Å². The quantitative estimate of drug-likeness (QED) is 0.870. The number of hydrogen-bond acceptors (Lipinski definition) is 5. The molecule has 0 saturated carbocycles. The number of amidine groups is 1. The second-order valence-electron chi connectivity index (χ2n) is 4.26. The molecule has 2 aromatic rings. The van der Waals surface area contributed by atoms with E-state index in [0.29, 0.717) is 10.7 Å². The molecule has 1 aromatic carbocycles. The van der Waals surface area contributed by atoms with Gasteiger partial charge in [-0.2, -0.15) is 8.42 Å². The number of carbonyl (C=O) groups is 1. The maximum Gasteiger partial charge on any atom is 0.284 e. The fraction of sp³-hybridized carbons (Fsp3) is 0. The summed E-state index contributed by atoms with van der Waals surface area (Å²) in [7, 11) is -3.85. The van der Waals surface area contributed by atoms with E-state index in [2.05, 4.69) is 9.71 Å². The van der Waals surface area contributed by atoms with E-state index in [4.69, 9.17) is 4.42 Å². The van der Waals surface area contributed by atoms with Gasteiger partial charge in [-0.05, 0) is 36.0 Å². The highest BCUT2D eigenvalue weighted by Gasteiger charge is 2.26. The third kappa shape index (κ3) is 3.12. The molecule has 0 unspecified atom stereocenters. The van der Waals surface area contributed by atoms with Crippen LogP contribution >= 0.6 is 11.8 Å². The van der Waals surface area contributed by atoms with E-state index in [1.165, 1.54) is 24.5 Å². The zero-order valence-corrected chi connectivity index (χ0v) is 12.7. The number of furan rings is 1. The Labute approximate surface area is 131 Å². The predicted octanol–water partition coefficient (Wildman–Crippen LogP) is 2.23. The molecule has 112 valence electrons. The highest BCUT2D eigenvalue weighted by molar-refractivity contribution is 8.19. The van der Waals surface area contributed by atoms with Crippen LogP contribution < -0.4 is 5.32 Å². The Morgan fingerprint density at radius 3 is 2.59 bits per heavy atom. The van der Waals surface area contributed by atoms with Crippen molar-refractivity contribution < 1.29 is 17.6 Å². The van der Waals surface area contributed by atoms with Crippen molar-refractivity contribution in [1.82, 2.24) is 5.32 Å². The van der Waals surface area contributed by atoms with Gasteiger partial charge in [-0.15, -0.1) is 4.40 Å². The van der Waals surface area contributed by atoms with Gasteiger partial charge in [0, 0.05) is 6.08 Å². The van der Waals surface area contributed by atoms with Crippen molar-refractivity contribution >= 4 is 38.9 Å². The van der Waals surface area contributed by atoms with Crippen LogP contribution in [0.25, 0.3) is 6.08 Å². The first-order valence-corrected chi connectivity index (χ1v) is 8.45. The van der Waals surface area contributed by atoms with Gasteiger partial charge in [0.2, 0.25) is 0 Å². The van der Waals surface area contributed by atoms with Gasteiger partial charge in [0.25, 0.3) is 15.9 Å². The van der Waals surface area contributed by atoms with Crippen LogP contribution in [-0.4, -0.2) is 19.5 Å². The normalized spacial score (nSPS) is 18.8. The largest absolute Gasteiger partial charge is 0.465 e. The van der Waals surface area contributed by atoms with Crippen molar-refractivity contribution in [2.24, 2.45) is 4.40 Å². The van der Waals surface area contributed by atoms with E-state index in [0.717, 1.165) is 11.8 Å². The summed E-state index contributed by atoms with van der Waals surface area (Å²) in [4.78, 5) is 12.2. The maximum absolute atomic E-state index is 12.1. The van der Waals surface area contributed by atoms with Crippen LogP contribution in [-0.2, 0) is 14.8 Å². The lowest BCUT2D eigenvalue weighted by molar-refractivity contribution is -0.115. The summed E-state index contributed by atoms with van der Waals surface area (Å²) in [5, 5.41) is 2.45. The third-order valence-electron chi connectivity index (χ3n) is 2.71. The van der Waals surface area contributed by atoms with Gasteiger partial charge in [-0.25, -0.2) is 0 Å². The van der Waals surface area contributed by atoms with E-state index in [-0.39, 0.29) is 10.1 Å². The number of rotatable bonds is 3.